The minimum atomic E-state index is -0.188. The Hall–Kier alpha value is -2.61. The molecule has 0 aliphatic rings. The van der Waals surface area contributed by atoms with E-state index in [0.717, 1.165) is 22.0 Å². The lowest BCUT2D eigenvalue weighted by atomic mass is 10.0. The summed E-state index contributed by atoms with van der Waals surface area (Å²) in [6.45, 7) is 0. The average Bonchev–Trinajstić information content (AvgIpc) is 2.85. The molecular formula is C18H12FN. The van der Waals surface area contributed by atoms with Gasteiger partial charge in [-0.05, 0) is 29.8 Å². The van der Waals surface area contributed by atoms with Crippen LogP contribution in [0.25, 0.3) is 32.9 Å². The van der Waals surface area contributed by atoms with Crippen molar-refractivity contribution in [3.05, 3.63) is 72.5 Å². The Morgan fingerprint density at radius 1 is 0.700 bits per heavy atom. The summed E-state index contributed by atoms with van der Waals surface area (Å²) in [6, 6.07) is 21.1. The molecule has 4 aromatic rings. The minimum Gasteiger partial charge on any atom is -0.355 e. The van der Waals surface area contributed by atoms with Crippen molar-refractivity contribution in [3.63, 3.8) is 0 Å². The van der Waals surface area contributed by atoms with Crippen LogP contribution in [0.4, 0.5) is 4.39 Å². The first-order valence-corrected chi connectivity index (χ1v) is 6.58. The zero-order chi connectivity index (χ0) is 13.5. The van der Waals surface area contributed by atoms with Crippen LogP contribution in [0.5, 0.6) is 0 Å². The van der Waals surface area contributed by atoms with Gasteiger partial charge in [0.05, 0.1) is 0 Å². The van der Waals surface area contributed by atoms with Gasteiger partial charge < -0.3 is 4.98 Å². The maximum absolute atomic E-state index is 13.9. The molecule has 0 amide bonds. The van der Waals surface area contributed by atoms with E-state index in [9.17, 15) is 4.39 Å². The highest BCUT2D eigenvalue weighted by atomic mass is 19.1. The fraction of sp³-hybridized carbons (Fsp3) is 0. The van der Waals surface area contributed by atoms with Crippen LogP contribution in [-0.4, -0.2) is 4.98 Å². The Balaban J connectivity index is 2.03. The molecular weight excluding hydrogens is 249 g/mol. The molecule has 0 unspecified atom stereocenters. The van der Waals surface area contributed by atoms with Gasteiger partial charge in [0.1, 0.15) is 5.82 Å². The second-order valence-corrected chi connectivity index (χ2v) is 4.91. The van der Waals surface area contributed by atoms with Crippen LogP contribution >= 0.6 is 0 Å². The van der Waals surface area contributed by atoms with Gasteiger partial charge in [0.15, 0.2) is 0 Å². The molecule has 1 N–H and O–H groups in total. The number of hydrogen-bond acceptors (Lipinski definition) is 0. The average molecular weight is 261 g/mol. The van der Waals surface area contributed by atoms with E-state index in [0.29, 0.717) is 5.56 Å². The van der Waals surface area contributed by atoms with Crippen molar-refractivity contribution < 1.29 is 4.39 Å². The zero-order valence-corrected chi connectivity index (χ0v) is 10.7. The lowest BCUT2D eigenvalue weighted by Gasteiger charge is -2.03. The minimum absolute atomic E-state index is 0.188. The maximum Gasteiger partial charge on any atom is 0.131 e. The fourth-order valence-corrected chi connectivity index (χ4v) is 2.71. The molecule has 4 rings (SSSR count). The number of aromatic amines is 1. The number of H-pyrrole nitrogens is 1. The highest BCUT2D eigenvalue weighted by Crippen LogP contribution is 2.30. The van der Waals surface area contributed by atoms with Gasteiger partial charge in [0.25, 0.3) is 0 Å². The Morgan fingerprint density at radius 3 is 2.35 bits per heavy atom. The second kappa shape index (κ2) is 4.20. The summed E-state index contributed by atoms with van der Waals surface area (Å²) in [6.07, 6.45) is 0. The van der Waals surface area contributed by atoms with Crippen molar-refractivity contribution in [1.29, 1.82) is 0 Å². The summed E-state index contributed by atoms with van der Waals surface area (Å²) < 4.78 is 13.9. The molecule has 0 atom stereocenters. The predicted molar refractivity (Wildman–Crippen MR) is 81.2 cm³/mol. The number of nitrogens with one attached hydrogen (secondary N) is 1. The quantitative estimate of drug-likeness (QED) is 0.489. The molecule has 20 heavy (non-hydrogen) atoms. The summed E-state index contributed by atoms with van der Waals surface area (Å²) in [5.74, 6) is -0.188. The lowest BCUT2D eigenvalue weighted by Crippen LogP contribution is -1.83. The summed E-state index contributed by atoms with van der Waals surface area (Å²) >= 11 is 0. The largest absolute Gasteiger partial charge is 0.355 e. The van der Waals surface area contributed by atoms with Gasteiger partial charge in [0.2, 0.25) is 0 Å². The number of benzene rings is 3. The van der Waals surface area contributed by atoms with Gasteiger partial charge in [0, 0.05) is 27.4 Å². The molecule has 0 saturated heterocycles. The van der Waals surface area contributed by atoms with E-state index in [4.69, 9.17) is 0 Å². The highest BCUT2D eigenvalue weighted by molar-refractivity contribution is 6.08. The van der Waals surface area contributed by atoms with Crippen LogP contribution in [0.2, 0.25) is 0 Å². The van der Waals surface area contributed by atoms with E-state index in [2.05, 4.69) is 17.1 Å². The zero-order valence-electron chi connectivity index (χ0n) is 10.7. The van der Waals surface area contributed by atoms with Gasteiger partial charge in [-0.15, -0.1) is 0 Å². The molecule has 0 aliphatic heterocycles. The number of para-hydroxylation sites is 1. The van der Waals surface area contributed by atoms with E-state index in [1.165, 1.54) is 11.5 Å². The Kier molecular flexibility index (Phi) is 2.36. The monoisotopic (exact) mass is 261 g/mol. The third-order valence-corrected chi connectivity index (χ3v) is 3.69. The van der Waals surface area contributed by atoms with Gasteiger partial charge in [-0.3, -0.25) is 0 Å². The van der Waals surface area contributed by atoms with E-state index in [1.54, 1.807) is 6.07 Å². The smallest absolute Gasteiger partial charge is 0.131 e. The number of rotatable bonds is 1. The molecule has 0 fully saturated rings. The van der Waals surface area contributed by atoms with Crippen LogP contribution in [0.3, 0.4) is 0 Å². The van der Waals surface area contributed by atoms with Crippen molar-refractivity contribution in [2.75, 3.05) is 0 Å². The van der Waals surface area contributed by atoms with E-state index < -0.39 is 0 Å². The topological polar surface area (TPSA) is 15.8 Å². The van der Waals surface area contributed by atoms with Crippen LogP contribution in [0.1, 0.15) is 0 Å². The summed E-state index contributed by atoms with van der Waals surface area (Å²) in [5, 5.41) is 2.29. The highest BCUT2D eigenvalue weighted by Gasteiger charge is 2.08. The molecule has 1 heterocycles. The fourth-order valence-electron chi connectivity index (χ4n) is 2.71. The molecule has 3 aromatic carbocycles. The van der Waals surface area contributed by atoms with E-state index in [-0.39, 0.29) is 5.82 Å². The van der Waals surface area contributed by atoms with Crippen molar-refractivity contribution >= 4 is 21.8 Å². The van der Waals surface area contributed by atoms with Gasteiger partial charge >= 0.3 is 0 Å². The molecule has 0 saturated carbocycles. The second-order valence-electron chi connectivity index (χ2n) is 4.91. The normalized spacial score (nSPS) is 11.2. The third kappa shape index (κ3) is 1.62. The summed E-state index contributed by atoms with van der Waals surface area (Å²) in [7, 11) is 0. The van der Waals surface area contributed by atoms with E-state index in [1.807, 2.05) is 42.5 Å². The molecule has 0 aliphatic carbocycles. The number of fused-ring (bicyclic) bond motifs is 3. The number of hydrogen-bond donors (Lipinski definition) is 1. The summed E-state index contributed by atoms with van der Waals surface area (Å²) in [4.78, 5) is 3.38. The molecule has 1 nitrogen and oxygen atoms in total. The Bertz CT molecular complexity index is 921. The number of halogens is 1. The van der Waals surface area contributed by atoms with Gasteiger partial charge in [-0.2, -0.15) is 0 Å². The molecule has 1 aromatic heterocycles. The summed E-state index contributed by atoms with van der Waals surface area (Å²) in [5.41, 5.74) is 3.72. The van der Waals surface area contributed by atoms with Crippen LogP contribution in [0.15, 0.2) is 66.7 Å². The molecule has 0 bridgehead atoms. The van der Waals surface area contributed by atoms with E-state index >= 15 is 0 Å². The first kappa shape index (κ1) is 11.2. The van der Waals surface area contributed by atoms with Crippen molar-refractivity contribution in [2.45, 2.75) is 0 Å². The first-order valence-electron chi connectivity index (χ1n) is 6.58. The Labute approximate surface area is 115 Å². The van der Waals surface area contributed by atoms with Crippen LogP contribution < -0.4 is 0 Å². The maximum atomic E-state index is 13.9. The number of aromatic nitrogens is 1. The van der Waals surface area contributed by atoms with Gasteiger partial charge in [-0.1, -0.05) is 42.5 Å². The molecule has 96 valence electrons. The molecule has 2 heteroatoms. The van der Waals surface area contributed by atoms with Gasteiger partial charge in [-0.25, -0.2) is 4.39 Å². The SMILES string of the molecule is Fc1ccccc1-c1ccc2[nH]c3ccccc3c2c1. The third-order valence-electron chi connectivity index (χ3n) is 3.69. The van der Waals surface area contributed by atoms with Crippen molar-refractivity contribution in [3.8, 4) is 11.1 Å². The lowest BCUT2D eigenvalue weighted by molar-refractivity contribution is 0.631. The Morgan fingerprint density at radius 2 is 1.45 bits per heavy atom. The van der Waals surface area contributed by atoms with Crippen LogP contribution in [0, 0.1) is 5.82 Å². The standard InChI is InChI=1S/C18H12FN/c19-16-7-3-1-5-13(16)12-9-10-18-15(11-12)14-6-2-4-8-17(14)20-18/h1-11,20H. The van der Waals surface area contributed by atoms with Crippen molar-refractivity contribution in [1.82, 2.24) is 4.98 Å². The van der Waals surface area contributed by atoms with Crippen LogP contribution in [-0.2, 0) is 0 Å². The van der Waals surface area contributed by atoms with Crippen molar-refractivity contribution in [2.24, 2.45) is 0 Å². The molecule has 0 spiro atoms. The molecule has 0 radical (unpaired) electrons. The predicted octanol–water partition coefficient (Wildman–Crippen LogP) is 5.13. The first-order chi connectivity index (χ1) is 9.83.